The maximum atomic E-state index is 12.2. The number of phenolic OH excluding ortho intramolecular Hbond substituents is 1. The molecule has 0 bridgehead atoms. The summed E-state index contributed by atoms with van der Waals surface area (Å²) in [5.74, 6) is -1.87. The van der Waals surface area contributed by atoms with Gasteiger partial charge in [-0.2, -0.15) is 0 Å². The molecule has 1 rings (SSSR count). The smallest absolute Gasteiger partial charge is 0.358 e. The average Bonchev–Trinajstić information content (AvgIpc) is 2.37. The van der Waals surface area contributed by atoms with E-state index >= 15 is 0 Å². The molecule has 0 aliphatic carbocycles. The van der Waals surface area contributed by atoms with Gasteiger partial charge in [0, 0.05) is 12.8 Å². The zero-order valence-electron chi connectivity index (χ0n) is 15.8. The monoisotopic (exact) mass is 333 g/mol. The van der Waals surface area contributed by atoms with Crippen LogP contribution >= 0.6 is 0 Å². The number of carbonyl (C=O) groups excluding carboxylic acids is 2. The van der Waals surface area contributed by atoms with Gasteiger partial charge in [0.25, 0.3) is 0 Å². The Morgan fingerprint density at radius 3 is 1.75 bits per heavy atom. The van der Waals surface area contributed by atoms with Gasteiger partial charge in [-0.25, -0.2) is 9.90 Å². The molecule has 1 atom stereocenters. The largest absolute Gasteiger partial charge is 0.507 e. The molecule has 0 aromatic heterocycles. The van der Waals surface area contributed by atoms with Crippen LogP contribution in [-0.4, -0.2) is 16.9 Å². The molecule has 24 heavy (non-hydrogen) atoms. The summed E-state index contributed by atoms with van der Waals surface area (Å²) < 4.78 is 0. The Hall–Kier alpha value is -1.84. The van der Waals surface area contributed by atoms with Crippen LogP contribution in [0.4, 0.5) is 0 Å². The third kappa shape index (κ3) is 5.08. The summed E-state index contributed by atoms with van der Waals surface area (Å²) in [6.45, 7) is 13.6. The molecular weight excluding hydrogens is 304 g/mol. The topological polar surface area (TPSA) is 74.3 Å². The number of phenols is 1. The molecule has 133 valence electrons. The van der Waals surface area contributed by atoms with Crippen LogP contribution in [0.15, 0.2) is 12.1 Å². The maximum Gasteiger partial charge on any atom is 0.358 e. The van der Waals surface area contributed by atoms with Crippen molar-refractivity contribution in [3.63, 3.8) is 0 Å². The number of hydrogen-bond acceptors (Lipinski definition) is 3. The van der Waals surface area contributed by atoms with Crippen molar-refractivity contribution in [2.75, 3.05) is 0 Å². The normalized spacial score (nSPS) is 13.6. The number of carbonyl (C=O) groups is 2. The molecular formula is C20H29O4. The van der Waals surface area contributed by atoms with Gasteiger partial charge in [0.2, 0.25) is 0 Å². The van der Waals surface area contributed by atoms with E-state index in [2.05, 4.69) is 0 Å². The van der Waals surface area contributed by atoms with Crippen LogP contribution in [-0.2, 0) is 31.9 Å². The Morgan fingerprint density at radius 2 is 1.42 bits per heavy atom. The van der Waals surface area contributed by atoms with Crippen LogP contribution in [0.25, 0.3) is 0 Å². The number of rotatable bonds is 5. The third-order valence-corrected chi connectivity index (χ3v) is 4.12. The van der Waals surface area contributed by atoms with Crippen LogP contribution in [0.5, 0.6) is 5.75 Å². The Balaban J connectivity index is 3.25. The second-order valence-corrected chi connectivity index (χ2v) is 8.68. The lowest BCUT2D eigenvalue weighted by molar-refractivity contribution is -0.148. The molecule has 4 heteroatoms. The second-order valence-electron chi connectivity index (χ2n) is 8.68. The maximum absolute atomic E-state index is 12.2. The van der Waals surface area contributed by atoms with Crippen molar-refractivity contribution in [2.24, 2.45) is 5.92 Å². The van der Waals surface area contributed by atoms with E-state index in [1.807, 2.05) is 53.7 Å². The summed E-state index contributed by atoms with van der Waals surface area (Å²) in [5.41, 5.74) is 1.87. The van der Waals surface area contributed by atoms with E-state index in [9.17, 15) is 19.8 Å². The van der Waals surface area contributed by atoms with Gasteiger partial charge in [-0.1, -0.05) is 60.6 Å². The lowest BCUT2D eigenvalue weighted by Gasteiger charge is -2.28. The van der Waals surface area contributed by atoms with Crippen molar-refractivity contribution in [1.29, 1.82) is 0 Å². The van der Waals surface area contributed by atoms with Crippen LogP contribution in [0, 0.1) is 5.92 Å². The van der Waals surface area contributed by atoms with E-state index in [4.69, 9.17) is 0 Å². The zero-order chi connectivity index (χ0) is 18.9. The number of aromatic hydroxyl groups is 1. The molecule has 1 aromatic carbocycles. The van der Waals surface area contributed by atoms with E-state index in [-0.39, 0.29) is 35.2 Å². The molecule has 1 radical (unpaired) electrons. The summed E-state index contributed by atoms with van der Waals surface area (Å²) in [7, 11) is 0. The summed E-state index contributed by atoms with van der Waals surface area (Å²) >= 11 is 0. The van der Waals surface area contributed by atoms with Crippen LogP contribution in [0.3, 0.4) is 0 Å². The SMILES string of the molecule is CC(CC(=O)Cc1cc(C(C)(C)C)c(O)c(C(C)(C)C)c1)C([O])=O. The second kappa shape index (κ2) is 6.96. The van der Waals surface area contributed by atoms with E-state index < -0.39 is 11.9 Å². The van der Waals surface area contributed by atoms with E-state index in [1.54, 1.807) is 0 Å². The Labute approximate surface area is 144 Å². The highest BCUT2D eigenvalue weighted by Crippen LogP contribution is 2.39. The first-order chi connectivity index (χ1) is 10.7. The highest BCUT2D eigenvalue weighted by Gasteiger charge is 2.27. The molecule has 0 saturated carbocycles. The lowest BCUT2D eigenvalue weighted by atomic mass is 9.78. The predicted octanol–water partition coefficient (Wildman–Crippen LogP) is 4.08. The van der Waals surface area contributed by atoms with Gasteiger partial charge in [0.1, 0.15) is 11.5 Å². The highest BCUT2D eigenvalue weighted by atomic mass is 16.4. The molecule has 0 saturated heterocycles. The summed E-state index contributed by atoms with van der Waals surface area (Å²) in [6.07, 6.45) is 0.114. The first-order valence-electron chi connectivity index (χ1n) is 8.33. The quantitative estimate of drug-likeness (QED) is 0.882. The number of benzene rings is 1. The van der Waals surface area contributed by atoms with Crippen LogP contribution in [0.2, 0.25) is 0 Å². The molecule has 0 amide bonds. The number of hydrogen-bond donors (Lipinski definition) is 1. The minimum atomic E-state index is -1.21. The van der Waals surface area contributed by atoms with E-state index in [0.29, 0.717) is 0 Å². The van der Waals surface area contributed by atoms with E-state index in [0.717, 1.165) is 16.7 Å². The van der Waals surface area contributed by atoms with Gasteiger partial charge in [-0.3, -0.25) is 4.79 Å². The highest BCUT2D eigenvalue weighted by molar-refractivity contribution is 5.85. The van der Waals surface area contributed by atoms with Gasteiger partial charge >= 0.3 is 5.97 Å². The molecule has 1 N–H and O–H groups in total. The van der Waals surface area contributed by atoms with Crippen molar-refractivity contribution in [1.82, 2.24) is 0 Å². The molecule has 0 heterocycles. The fourth-order valence-electron chi connectivity index (χ4n) is 2.66. The van der Waals surface area contributed by atoms with E-state index in [1.165, 1.54) is 6.92 Å². The summed E-state index contributed by atoms with van der Waals surface area (Å²) in [4.78, 5) is 23.0. The Kier molecular flexibility index (Phi) is 5.86. The molecule has 4 nitrogen and oxygen atoms in total. The van der Waals surface area contributed by atoms with Crippen molar-refractivity contribution in [3.8, 4) is 5.75 Å². The van der Waals surface area contributed by atoms with Gasteiger partial charge in [0.05, 0.1) is 5.92 Å². The Bertz CT molecular complexity index is 595. The van der Waals surface area contributed by atoms with Crippen molar-refractivity contribution < 1.29 is 19.8 Å². The minimum absolute atomic E-state index is 0.0427. The van der Waals surface area contributed by atoms with Crippen LogP contribution < -0.4 is 0 Å². The lowest BCUT2D eigenvalue weighted by Crippen LogP contribution is -2.19. The summed E-state index contributed by atoms with van der Waals surface area (Å²) in [6, 6.07) is 3.71. The first-order valence-corrected chi connectivity index (χ1v) is 8.33. The Morgan fingerprint density at radius 1 is 1.00 bits per heavy atom. The van der Waals surface area contributed by atoms with Gasteiger partial charge in [-0.05, 0) is 27.5 Å². The van der Waals surface area contributed by atoms with Crippen molar-refractivity contribution >= 4 is 11.8 Å². The molecule has 0 spiro atoms. The molecule has 1 unspecified atom stereocenters. The standard InChI is InChI=1S/C20H29O4/c1-12(18(23)24)8-14(21)9-13-10-15(19(2,3)4)17(22)16(11-13)20(5,6)7/h10-12,22H,8-9H2,1-7H3. The summed E-state index contributed by atoms with van der Waals surface area (Å²) in [5, 5.41) is 21.5. The van der Waals surface area contributed by atoms with Crippen LogP contribution in [0.1, 0.15) is 71.6 Å². The van der Waals surface area contributed by atoms with Crippen molar-refractivity contribution in [2.45, 2.75) is 72.1 Å². The predicted molar refractivity (Wildman–Crippen MR) is 93.7 cm³/mol. The minimum Gasteiger partial charge on any atom is -0.507 e. The first kappa shape index (κ1) is 20.2. The zero-order valence-corrected chi connectivity index (χ0v) is 15.8. The molecule has 0 aliphatic heterocycles. The fourth-order valence-corrected chi connectivity index (χ4v) is 2.66. The molecule has 1 aromatic rings. The van der Waals surface area contributed by atoms with Gasteiger partial charge in [-0.15, -0.1) is 0 Å². The number of ketones is 1. The molecule has 0 fully saturated rings. The van der Waals surface area contributed by atoms with Gasteiger partial charge in [0.15, 0.2) is 0 Å². The fraction of sp³-hybridized carbons (Fsp3) is 0.600. The van der Waals surface area contributed by atoms with Gasteiger partial charge < -0.3 is 5.11 Å². The van der Waals surface area contributed by atoms with Crippen molar-refractivity contribution in [3.05, 3.63) is 28.8 Å². The molecule has 0 aliphatic rings. The number of Topliss-reactive ketones (excluding diaryl/α,β-unsaturated/α-hetero) is 1. The average molecular weight is 333 g/mol. The third-order valence-electron chi connectivity index (χ3n) is 4.12.